The van der Waals surface area contributed by atoms with Crippen LogP contribution in [0.4, 0.5) is 8.78 Å². The average Bonchev–Trinajstić information content (AvgIpc) is 2.24. The molecule has 1 aliphatic rings. The van der Waals surface area contributed by atoms with E-state index in [0.717, 1.165) is 31.5 Å². The summed E-state index contributed by atoms with van der Waals surface area (Å²) in [7, 11) is 0. The van der Waals surface area contributed by atoms with E-state index in [1.807, 2.05) is 0 Å². The van der Waals surface area contributed by atoms with Crippen LogP contribution in [0.15, 0.2) is 18.2 Å². The van der Waals surface area contributed by atoms with E-state index in [1.165, 1.54) is 12.1 Å². The van der Waals surface area contributed by atoms with Crippen molar-refractivity contribution >= 4 is 11.6 Å². The van der Waals surface area contributed by atoms with Crippen LogP contribution in [0.3, 0.4) is 0 Å². The highest BCUT2D eigenvalue weighted by Crippen LogP contribution is 2.18. The summed E-state index contributed by atoms with van der Waals surface area (Å²) in [5, 5.41) is 0.180. The Morgan fingerprint density at radius 2 is 2.12 bits per heavy atom. The molecule has 0 aliphatic carbocycles. The summed E-state index contributed by atoms with van der Waals surface area (Å²) in [6.07, 6.45) is 2.10. The molecule has 1 fully saturated rings. The maximum Gasteiger partial charge on any atom is 0.159 e. The molecule has 1 aromatic carbocycles. The Hall–Kier alpha value is -0.670. The number of hydrogen-bond acceptors (Lipinski definition) is 1. The Kier molecular flexibility index (Phi) is 3.77. The summed E-state index contributed by atoms with van der Waals surface area (Å²) in [4.78, 5) is 2.17. The normalized spacial score (nSPS) is 22.3. The van der Waals surface area contributed by atoms with Crippen molar-refractivity contribution in [3.05, 3.63) is 35.4 Å². The number of alkyl halides is 1. The molecule has 1 aliphatic heterocycles. The average molecular weight is 246 g/mol. The van der Waals surface area contributed by atoms with Gasteiger partial charge in [-0.05, 0) is 37.1 Å². The van der Waals surface area contributed by atoms with Crippen molar-refractivity contribution in [3.63, 3.8) is 0 Å². The molecule has 0 saturated carbocycles. The second kappa shape index (κ2) is 5.11. The quantitative estimate of drug-likeness (QED) is 0.724. The van der Waals surface area contributed by atoms with E-state index in [-0.39, 0.29) is 5.38 Å². The van der Waals surface area contributed by atoms with Crippen LogP contribution in [-0.2, 0) is 6.54 Å². The lowest BCUT2D eigenvalue weighted by molar-refractivity contribution is 0.223. The third kappa shape index (κ3) is 2.92. The minimum absolute atomic E-state index is 0.180. The van der Waals surface area contributed by atoms with Gasteiger partial charge >= 0.3 is 0 Å². The van der Waals surface area contributed by atoms with Gasteiger partial charge in [-0.1, -0.05) is 6.07 Å². The maximum atomic E-state index is 13.0. The Labute approximate surface area is 99.0 Å². The monoisotopic (exact) mass is 245 g/mol. The molecular formula is C12H14ClF2N. The van der Waals surface area contributed by atoms with Crippen LogP contribution < -0.4 is 0 Å². The van der Waals surface area contributed by atoms with Crippen LogP contribution >= 0.6 is 11.6 Å². The van der Waals surface area contributed by atoms with E-state index < -0.39 is 11.6 Å². The Morgan fingerprint density at radius 3 is 2.81 bits per heavy atom. The molecule has 1 atom stereocenters. The predicted molar refractivity (Wildman–Crippen MR) is 60.5 cm³/mol. The summed E-state index contributed by atoms with van der Waals surface area (Å²) in [5.41, 5.74) is 0.796. The van der Waals surface area contributed by atoms with E-state index in [1.54, 1.807) is 6.07 Å². The molecule has 2 rings (SSSR count). The zero-order valence-electron chi connectivity index (χ0n) is 8.93. The molecule has 0 N–H and O–H groups in total. The minimum Gasteiger partial charge on any atom is -0.298 e. The number of nitrogens with zero attached hydrogens (tertiary/aromatic N) is 1. The van der Waals surface area contributed by atoms with Crippen molar-refractivity contribution < 1.29 is 8.78 Å². The Bertz CT molecular complexity index is 370. The molecule has 88 valence electrons. The largest absolute Gasteiger partial charge is 0.298 e. The van der Waals surface area contributed by atoms with Crippen molar-refractivity contribution in [2.45, 2.75) is 24.8 Å². The van der Waals surface area contributed by atoms with Gasteiger partial charge in [-0.2, -0.15) is 0 Å². The molecule has 1 aromatic rings. The highest BCUT2D eigenvalue weighted by Gasteiger charge is 2.18. The van der Waals surface area contributed by atoms with Gasteiger partial charge < -0.3 is 0 Å². The summed E-state index contributed by atoms with van der Waals surface area (Å²) >= 11 is 6.06. The lowest BCUT2D eigenvalue weighted by Gasteiger charge is -2.29. The van der Waals surface area contributed by atoms with E-state index in [4.69, 9.17) is 11.6 Å². The first-order valence-corrected chi connectivity index (χ1v) is 5.89. The van der Waals surface area contributed by atoms with Crippen LogP contribution in [0, 0.1) is 11.6 Å². The second-order valence-corrected chi connectivity index (χ2v) is 4.84. The molecule has 1 saturated heterocycles. The third-order valence-corrected chi connectivity index (χ3v) is 3.19. The molecule has 0 aromatic heterocycles. The number of likely N-dealkylation sites (tertiary alicyclic amines) is 1. The number of hydrogen-bond donors (Lipinski definition) is 0. The first-order valence-electron chi connectivity index (χ1n) is 5.45. The van der Waals surface area contributed by atoms with Gasteiger partial charge in [0.05, 0.1) is 0 Å². The van der Waals surface area contributed by atoms with Gasteiger partial charge in [-0.25, -0.2) is 8.78 Å². The smallest absolute Gasteiger partial charge is 0.159 e. The lowest BCUT2D eigenvalue weighted by Crippen LogP contribution is -2.35. The Balaban J connectivity index is 2.00. The van der Waals surface area contributed by atoms with Gasteiger partial charge in [0.15, 0.2) is 11.6 Å². The van der Waals surface area contributed by atoms with Gasteiger partial charge in [0.2, 0.25) is 0 Å². The van der Waals surface area contributed by atoms with Crippen molar-refractivity contribution in [1.29, 1.82) is 0 Å². The Morgan fingerprint density at radius 1 is 1.31 bits per heavy atom. The van der Waals surface area contributed by atoms with Gasteiger partial charge in [-0.3, -0.25) is 4.90 Å². The molecule has 0 spiro atoms. The van der Waals surface area contributed by atoms with Crippen molar-refractivity contribution in [1.82, 2.24) is 4.90 Å². The summed E-state index contributed by atoms with van der Waals surface area (Å²) in [6.45, 7) is 2.43. The van der Waals surface area contributed by atoms with Crippen LogP contribution in [0.1, 0.15) is 18.4 Å². The van der Waals surface area contributed by atoms with E-state index in [9.17, 15) is 8.78 Å². The summed E-state index contributed by atoms with van der Waals surface area (Å²) in [5.74, 6) is -1.57. The van der Waals surface area contributed by atoms with Gasteiger partial charge in [0.1, 0.15) is 0 Å². The number of rotatable bonds is 2. The van der Waals surface area contributed by atoms with Gasteiger partial charge in [-0.15, -0.1) is 11.6 Å². The fraction of sp³-hybridized carbons (Fsp3) is 0.500. The van der Waals surface area contributed by atoms with Crippen LogP contribution in [0.25, 0.3) is 0 Å². The zero-order valence-corrected chi connectivity index (χ0v) is 9.68. The molecule has 4 heteroatoms. The lowest BCUT2D eigenvalue weighted by atomic mass is 10.1. The summed E-state index contributed by atoms with van der Waals surface area (Å²) in [6, 6.07) is 4.05. The molecular weight excluding hydrogens is 232 g/mol. The second-order valence-electron chi connectivity index (χ2n) is 4.22. The van der Waals surface area contributed by atoms with E-state index >= 15 is 0 Å². The van der Waals surface area contributed by atoms with E-state index in [0.29, 0.717) is 6.54 Å². The van der Waals surface area contributed by atoms with Crippen LogP contribution in [0.5, 0.6) is 0 Å². The van der Waals surface area contributed by atoms with Crippen LogP contribution in [0.2, 0.25) is 0 Å². The highest BCUT2D eigenvalue weighted by atomic mass is 35.5. The standard InChI is InChI=1S/C12H14ClF2N/c13-10-2-1-5-16(8-10)7-9-3-4-11(14)12(15)6-9/h3-4,6,10H,1-2,5,7-8H2. The molecule has 0 radical (unpaired) electrons. The molecule has 16 heavy (non-hydrogen) atoms. The fourth-order valence-electron chi connectivity index (χ4n) is 2.04. The predicted octanol–water partition coefficient (Wildman–Crippen LogP) is 3.17. The number of piperidine rings is 1. The minimum atomic E-state index is -0.794. The number of halogens is 3. The summed E-state index contributed by atoms with van der Waals surface area (Å²) < 4.78 is 25.7. The molecule has 0 bridgehead atoms. The van der Waals surface area contributed by atoms with E-state index in [2.05, 4.69) is 4.90 Å². The molecule has 1 unspecified atom stereocenters. The maximum absolute atomic E-state index is 13.0. The van der Waals surface area contributed by atoms with Crippen molar-refractivity contribution in [3.8, 4) is 0 Å². The highest BCUT2D eigenvalue weighted by molar-refractivity contribution is 6.20. The van der Waals surface area contributed by atoms with Crippen molar-refractivity contribution in [2.24, 2.45) is 0 Å². The van der Waals surface area contributed by atoms with Gasteiger partial charge in [0, 0.05) is 18.5 Å². The van der Waals surface area contributed by atoms with Crippen LogP contribution in [-0.4, -0.2) is 23.4 Å². The topological polar surface area (TPSA) is 3.24 Å². The number of benzene rings is 1. The fourth-order valence-corrected chi connectivity index (χ4v) is 2.39. The first-order chi connectivity index (χ1) is 7.65. The third-order valence-electron chi connectivity index (χ3n) is 2.84. The molecule has 1 nitrogen and oxygen atoms in total. The molecule has 1 heterocycles. The van der Waals surface area contributed by atoms with Gasteiger partial charge in [0.25, 0.3) is 0 Å². The SMILES string of the molecule is Fc1ccc(CN2CCCC(Cl)C2)cc1F. The molecule has 0 amide bonds. The first kappa shape index (κ1) is 11.8. The zero-order chi connectivity index (χ0) is 11.5. The van der Waals surface area contributed by atoms with Crippen molar-refractivity contribution in [2.75, 3.05) is 13.1 Å².